The molecule has 1 aliphatic heterocycles. The molecule has 1 aromatic heterocycles. The fourth-order valence-corrected chi connectivity index (χ4v) is 3.67. The van der Waals surface area contributed by atoms with Crippen molar-refractivity contribution in [1.29, 1.82) is 0 Å². The monoisotopic (exact) mass is 310 g/mol. The summed E-state index contributed by atoms with van der Waals surface area (Å²) in [6.45, 7) is 4.85. The average Bonchev–Trinajstić information content (AvgIpc) is 2.88. The fourth-order valence-electron chi connectivity index (χ4n) is 3.01. The summed E-state index contributed by atoms with van der Waals surface area (Å²) >= 11 is 1.59. The zero-order valence-corrected chi connectivity index (χ0v) is 13.5. The first-order valence-electron chi connectivity index (χ1n) is 7.08. The molecule has 6 heteroatoms. The van der Waals surface area contributed by atoms with Crippen molar-refractivity contribution in [2.75, 3.05) is 13.6 Å². The maximum atomic E-state index is 12.6. The number of nitrogens with zero attached hydrogens (tertiary/aromatic N) is 2. The third-order valence-electron chi connectivity index (χ3n) is 4.08. The predicted octanol–water partition coefficient (Wildman–Crippen LogP) is 2.88. The van der Waals surface area contributed by atoms with Gasteiger partial charge in [0.25, 0.3) is 0 Å². The van der Waals surface area contributed by atoms with E-state index in [-0.39, 0.29) is 6.03 Å². The van der Waals surface area contributed by atoms with Crippen molar-refractivity contribution in [1.82, 2.24) is 9.80 Å². The third-order valence-corrected chi connectivity index (χ3v) is 4.81. The number of carbonyl (C=O) groups excluding carboxylic acids is 1. The molecular weight excluding hydrogens is 288 g/mol. The van der Waals surface area contributed by atoms with Gasteiger partial charge in [0.2, 0.25) is 0 Å². The number of rotatable bonds is 3. The van der Waals surface area contributed by atoms with Crippen LogP contribution in [0.1, 0.15) is 32.3 Å². The first-order valence-corrected chi connectivity index (χ1v) is 8.03. The lowest BCUT2D eigenvalue weighted by Crippen LogP contribution is -2.58. The number of urea groups is 1. The Bertz CT molecular complexity index is 513. The quantitative estimate of drug-likeness (QED) is 0.934. The predicted molar refractivity (Wildman–Crippen MR) is 82.3 cm³/mol. The summed E-state index contributed by atoms with van der Waals surface area (Å²) in [5, 5.41) is 13.5. The molecule has 2 heterocycles. The molecule has 21 heavy (non-hydrogen) atoms. The molecule has 0 spiro atoms. The molecule has 1 aliphatic rings. The lowest BCUT2D eigenvalue weighted by Gasteiger charge is -2.45. The Morgan fingerprint density at radius 2 is 2.24 bits per heavy atom. The smallest absolute Gasteiger partial charge is 0.327 e. The van der Waals surface area contributed by atoms with E-state index in [4.69, 9.17) is 0 Å². The molecule has 0 aromatic carbocycles. The third kappa shape index (κ3) is 3.37. The van der Waals surface area contributed by atoms with Gasteiger partial charge in [0, 0.05) is 20.1 Å². The van der Waals surface area contributed by atoms with Gasteiger partial charge in [-0.15, -0.1) is 0 Å². The van der Waals surface area contributed by atoms with Gasteiger partial charge in [-0.05, 0) is 40.6 Å². The van der Waals surface area contributed by atoms with Crippen LogP contribution in [0.15, 0.2) is 16.8 Å². The minimum atomic E-state index is -0.919. The number of amides is 2. The highest BCUT2D eigenvalue weighted by Gasteiger charge is 2.45. The SMILES string of the molecule is CN(Cc1ccsc1)C(=O)N1CCCC(C)(C)C1C(=O)O. The highest BCUT2D eigenvalue weighted by atomic mass is 32.1. The van der Waals surface area contributed by atoms with Gasteiger partial charge in [0.05, 0.1) is 0 Å². The Morgan fingerprint density at radius 1 is 1.52 bits per heavy atom. The normalized spacial score (nSPS) is 21.1. The van der Waals surface area contributed by atoms with Crippen LogP contribution in [0, 0.1) is 5.41 Å². The number of carboxylic acids is 1. The topological polar surface area (TPSA) is 60.9 Å². The van der Waals surface area contributed by atoms with E-state index >= 15 is 0 Å². The molecule has 2 rings (SSSR count). The van der Waals surface area contributed by atoms with Gasteiger partial charge < -0.3 is 14.9 Å². The van der Waals surface area contributed by atoms with E-state index in [2.05, 4.69) is 0 Å². The molecule has 1 fully saturated rings. The highest BCUT2D eigenvalue weighted by Crippen LogP contribution is 2.35. The summed E-state index contributed by atoms with van der Waals surface area (Å²) in [5.74, 6) is -0.919. The van der Waals surface area contributed by atoms with Gasteiger partial charge in [-0.2, -0.15) is 11.3 Å². The van der Waals surface area contributed by atoms with E-state index in [1.165, 1.54) is 4.90 Å². The highest BCUT2D eigenvalue weighted by molar-refractivity contribution is 7.07. The second-order valence-corrected chi connectivity index (χ2v) is 7.08. The minimum Gasteiger partial charge on any atom is -0.480 e. The summed E-state index contributed by atoms with van der Waals surface area (Å²) < 4.78 is 0. The number of carbonyl (C=O) groups is 2. The maximum Gasteiger partial charge on any atom is 0.327 e. The molecule has 1 N–H and O–H groups in total. The Labute approximate surface area is 129 Å². The van der Waals surface area contributed by atoms with Crippen LogP contribution in [0.2, 0.25) is 0 Å². The fraction of sp³-hybridized carbons (Fsp3) is 0.600. The number of likely N-dealkylation sites (tertiary alicyclic amines) is 1. The number of piperidine rings is 1. The first kappa shape index (κ1) is 15.8. The van der Waals surface area contributed by atoms with Crippen LogP contribution >= 0.6 is 11.3 Å². The number of aliphatic carboxylic acids is 1. The molecule has 0 saturated carbocycles. The molecule has 5 nitrogen and oxygen atoms in total. The van der Waals surface area contributed by atoms with Crippen molar-refractivity contribution in [3.63, 3.8) is 0 Å². The average molecular weight is 310 g/mol. The largest absolute Gasteiger partial charge is 0.480 e. The van der Waals surface area contributed by atoms with Crippen LogP contribution in [0.3, 0.4) is 0 Å². The van der Waals surface area contributed by atoms with E-state index in [9.17, 15) is 14.7 Å². The Balaban J connectivity index is 2.14. The van der Waals surface area contributed by atoms with E-state index in [0.717, 1.165) is 18.4 Å². The van der Waals surface area contributed by atoms with Crippen LogP contribution in [0.5, 0.6) is 0 Å². The van der Waals surface area contributed by atoms with Crippen molar-refractivity contribution >= 4 is 23.3 Å². The van der Waals surface area contributed by atoms with E-state index in [0.29, 0.717) is 13.1 Å². The van der Waals surface area contributed by atoms with Gasteiger partial charge in [-0.1, -0.05) is 13.8 Å². The maximum absolute atomic E-state index is 12.6. The standard InChI is InChI=1S/C15H22N2O3S/c1-15(2)6-4-7-17(12(15)13(18)19)14(20)16(3)9-11-5-8-21-10-11/h5,8,10,12H,4,6-7,9H2,1-3H3,(H,18,19). The van der Waals surface area contributed by atoms with Gasteiger partial charge in [-0.25, -0.2) is 9.59 Å². The van der Waals surface area contributed by atoms with Gasteiger partial charge in [0.15, 0.2) is 0 Å². The number of hydrogen-bond acceptors (Lipinski definition) is 3. The molecule has 1 saturated heterocycles. The second-order valence-electron chi connectivity index (χ2n) is 6.30. The van der Waals surface area contributed by atoms with E-state index in [1.807, 2.05) is 30.7 Å². The van der Waals surface area contributed by atoms with Crippen molar-refractivity contribution in [3.05, 3.63) is 22.4 Å². The van der Waals surface area contributed by atoms with Crippen LogP contribution in [-0.2, 0) is 11.3 Å². The molecule has 2 amide bonds. The number of thiophene rings is 1. The zero-order valence-electron chi connectivity index (χ0n) is 12.7. The Hall–Kier alpha value is -1.56. The van der Waals surface area contributed by atoms with Gasteiger partial charge in [-0.3, -0.25) is 0 Å². The molecule has 1 unspecified atom stereocenters. The molecule has 0 radical (unpaired) electrons. The van der Waals surface area contributed by atoms with E-state index in [1.54, 1.807) is 23.3 Å². The van der Waals surface area contributed by atoms with Crippen LogP contribution in [0.4, 0.5) is 4.79 Å². The molecule has 116 valence electrons. The Morgan fingerprint density at radius 3 is 2.81 bits per heavy atom. The summed E-state index contributed by atoms with van der Waals surface area (Å²) in [7, 11) is 1.72. The van der Waals surface area contributed by atoms with Crippen molar-refractivity contribution in [3.8, 4) is 0 Å². The number of carboxylic acid groups (broad SMARTS) is 1. The lowest BCUT2D eigenvalue weighted by molar-refractivity contribution is -0.148. The zero-order chi connectivity index (χ0) is 15.6. The molecule has 1 atom stereocenters. The summed E-state index contributed by atoms with van der Waals surface area (Å²) in [5.41, 5.74) is 0.669. The van der Waals surface area contributed by atoms with Crippen LogP contribution < -0.4 is 0 Å². The molecule has 1 aromatic rings. The molecular formula is C15H22N2O3S. The van der Waals surface area contributed by atoms with Crippen molar-refractivity contribution < 1.29 is 14.7 Å². The summed E-state index contributed by atoms with van der Waals surface area (Å²) in [4.78, 5) is 27.3. The molecule has 0 bridgehead atoms. The Kier molecular flexibility index (Phi) is 4.56. The summed E-state index contributed by atoms with van der Waals surface area (Å²) in [6.07, 6.45) is 1.66. The van der Waals surface area contributed by atoms with Gasteiger partial charge in [0.1, 0.15) is 6.04 Å². The van der Waals surface area contributed by atoms with E-state index < -0.39 is 17.4 Å². The number of hydrogen-bond donors (Lipinski definition) is 1. The van der Waals surface area contributed by atoms with Gasteiger partial charge >= 0.3 is 12.0 Å². The first-order chi connectivity index (χ1) is 9.83. The minimum absolute atomic E-state index is 0.207. The summed E-state index contributed by atoms with van der Waals surface area (Å²) in [6, 6.07) is 1.01. The second kappa shape index (κ2) is 6.05. The van der Waals surface area contributed by atoms with Crippen molar-refractivity contribution in [2.24, 2.45) is 5.41 Å². The molecule has 0 aliphatic carbocycles. The van der Waals surface area contributed by atoms with Crippen LogP contribution in [-0.4, -0.2) is 46.5 Å². The lowest BCUT2D eigenvalue weighted by atomic mass is 9.76. The van der Waals surface area contributed by atoms with Crippen molar-refractivity contribution in [2.45, 2.75) is 39.3 Å². The van der Waals surface area contributed by atoms with Crippen LogP contribution in [0.25, 0.3) is 0 Å².